The number of piperidine rings is 1. The standard InChI is InChI=1S/C20H20ClN5O5S3/c21-15-6-4-14(5-7-15)18(27)22-19-23-24-20(32-19)33(28,29)25-16-8-10-17(11-9-16)34(30,31)26-12-2-1-3-13-26/h4-11,25H,1-3,12-13H2,(H,22,23,27). The monoisotopic (exact) mass is 541 g/mol. The highest BCUT2D eigenvalue weighted by Gasteiger charge is 2.26. The number of carbonyl (C=O) groups excluding carboxylic acids is 1. The summed E-state index contributed by atoms with van der Waals surface area (Å²) in [7, 11) is -7.72. The number of aromatic nitrogens is 2. The summed E-state index contributed by atoms with van der Waals surface area (Å²) >= 11 is 6.48. The van der Waals surface area contributed by atoms with E-state index in [0.717, 1.165) is 19.3 Å². The zero-order chi connectivity index (χ0) is 24.3. The number of rotatable bonds is 7. The number of nitrogens with zero attached hydrogens (tertiary/aromatic N) is 3. The molecule has 2 heterocycles. The van der Waals surface area contributed by atoms with Gasteiger partial charge in [0.25, 0.3) is 20.3 Å². The number of halogens is 1. The van der Waals surface area contributed by atoms with Crippen molar-refractivity contribution < 1.29 is 21.6 Å². The minimum absolute atomic E-state index is 0.00305. The van der Waals surface area contributed by atoms with Gasteiger partial charge in [0.1, 0.15) is 0 Å². The summed E-state index contributed by atoms with van der Waals surface area (Å²) in [5.74, 6) is -0.491. The highest BCUT2D eigenvalue weighted by atomic mass is 35.5. The van der Waals surface area contributed by atoms with Crippen LogP contribution in [-0.2, 0) is 20.0 Å². The normalized spacial score (nSPS) is 15.1. The van der Waals surface area contributed by atoms with Crippen LogP contribution in [0.4, 0.5) is 10.8 Å². The topological polar surface area (TPSA) is 138 Å². The minimum Gasteiger partial charge on any atom is -0.296 e. The molecule has 1 aromatic heterocycles. The van der Waals surface area contributed by atoms with Crippen molar-refractivity contribution in [1.82, 2.24) is 14.5 Å². The Morgan fingerprint density at radius 1 is 0.912 bits per heavy atom. The number of benzene rings is 2. The molecule has 2 aromatic carbocycles. The maximum Gasteiger partial charge on any atom is 0.291 e. The second-order valence-electron chi connectivity index (χ2n) is 7.43. The van der Waals surface area contributed by atoms with E-state index in [1.807, 2.05) is 0 Å². The van der Waals surface area contributed by atoms with Gasteiger partial charge < -0.3 is 0 Å². The van der Waals surface area contributed by atoms with E-state index in [2.05, 4.69) is 20.2 Å². The van der Waals surface area contributed by atoms with Crippen LogP contribution in [0, 0.1) is 0 Å². The molecule has 1 fully saturated rings. The quantitative estimate of drug-likeness (QED) is 0.437. The number of anilines is 2. The van der Waals surface area contributed by atoms with Gasteiger partial charge in [-0.2, -0.15) is 12.7 Å². The van der Waals surface area contributed by atoms with Gasteiger partial charge in [-0.05, 0) is 61.4 Å². The maximum absolute atomic E-state index is 12.7. The van der Waals surface area contributed by atoms with Crippen molar-refractivity contribution in [3.8, 4) is 0 Å². The Morgan fingerprint density at radius 3 is 2.21 bits per heavy atom. The van der Waals surface area contributed by atoms with E-state index in [-0.39, 0.29) is 20.1 Å². The van der Waals surface area contributed by atoms with E-state index >= 15 is 0 Å². The Balaban J connectivity index is 1.43. The van der Waals surface area contributed by atoms with Crippen LogP contribution in [0.25, 0.3) is 0 Å². The molecular weight excluding hydrogens is 522 g/mol. The summed E-state index contributed by atoms with van der Waals surface area (Å²) < 4.78 is 54.3. The van der Waals surface area contributed by atoms with Gasteiger partial charge in [0.2, 0.25) is 15.2 Å². The lowest BCUT2D eigenvalue weighted by Gasteiger charge is -2.25. The van der Waals surface area contributed by atoms with E-state index in [4.69, 9.17) is 11.6 Å². The van der Waals surface area contributed by atoms with E-state index in [1.54, 1.807) is 12.1 Å². The Kier molecular flexibility index (Phi) is 7.19. The molecule has 0 spiro atoms. The second-order valence-corrected chi connectivity index (χ2v) is 12.6. The van der Waals surface area contributed by atoms with Crippen molar-refractivity contribution in [2.45, 2.75) is 28.5 Å². The van der Waals surface area contributed by atoms with Crippen LogP contribution in [0.3, 0.4) is 0 Å². The fourth-order valence-electron chi connectivity index (χ4n) is 3.29. The Labute approximate surface area is 206 Å². The van der Waals surface area contributed by atoms with Crippen LogP contribution < -0.4 is 10.0 Å². The Hall–Kier alpha value is -2.58. The first-order valence-electron chi connectivity index (χ1n) is 10.2. The molecule has 0 unspecified atom stereocenters. The zero-order valence-corrected chi connectivity index (χ0v) is 20.8. The molecule has 0 bridgehead atoms. The molecule has 0 atom stereocenters. The fourth-order valence-corrected chi connectivity index (χ4v) is 6.89. The molecule has 0 saturated carbocycles. The molecule has 4 rings (SSSR count). The van der Waals surface area contributed by atoms with Crippen LogP contribution in [0.1, 0.15) is 29.6 Å². The number of carbonyl (C=O) groups is 1. The first kappa shape index (κ1) is 24.5. The predicted octanol–water partition coefficient (Wildman–Crippen LogP) is 3.42. The summed E-state index contributed by atoms with van der Waals surface area (Å²) in [6, 6.07) is 11.6. The van der Waals surface area contributed by atoms with E-state index in [9.17, 15) is 21.6 Å². The van der Waals surface area contributed by atoms with Gasteiger partial charge in [-0.3, -0.25) is 14.8 Å². The van der Waals surface area contributed by atoms with Gasteiger partial charge in [-0.15, -0.1) is 10.2 Å². The fraction of sp³-hybridized carbons (Fsp3) is 0.250. The van der Waals surface area contributed by atoms with Gasteiger partial charge in [0, 0.05) is 29.4 Å². The average molecular weight is 542 g/mol. The van der Waals surface area contributed by atoms with E-state index < -0.39 is 26.0 Å². The molecule has 34 heavy (non-hydrogen) atoms. The van der Waals surface area contributed by atoms with E-state index in [0.29, 0.717) is 35.0 Å². The first-order valence-corrected chi connectivity index (χ1v) is 14.3. The maximum atomic E-state index is 12.7. The summed E-state index contributed by atoms with van der Waals surface area (Å²) in [6.07, 6.45) is 2.65. The third kappa shape index (κ3) is 5.55. The number of sulfonamides is 2. The Bertz CT molecular complexity index is 1390. The number of nitrogens with one attached hydrogen (secondary N) is 2. The van der Waals surface area contributed by atoms with Crippen molar-refractivity contribution in [3.63, 3.8) is 0 Å². The molecule has 1 amide bonds. The number of hydrogen-bond donors (Lipinski definition) is 2. The number of amides is 1. The molecule has 14 heteroatoms. The van der Waals surface area contributed by atoms with Gasteiger partial charge in [0.05, 0.1) is 4.90 Å². The third-order valence-electron chi connectivity index (χ3n) is 5.02. The molecule has 1 aliphatic heterocycles. The SMILES string of the molecule is O=C(Nc1nnc(S(=O)(=O)Nc2ccc(S(=O)(=O)N3CCCCC3)cc2)s1)c1ccc(Cl)cc1. The molecule has 180 valence electrons. The van der Waals surface area contributed by atoms with Crippen molar-refractivity contribution in [2.24, 2.45) is 0 Å². The van der Waals surface area contributed by atoms with Gasteiger partial charge >= 0.3 is 0 Å². The highest BCUT2D eigenvalue weighted by Crippen LogP contribution is 2.25. The second kappa shape index (κ2) is 9.96. The summed E-state index contributed by atoms with van der Waals surface area (Å²) in [6.45, 7) is 0.954. The molecule has 1 aliphatic rings. The van der Waals surface area contributed by atoms with E-state index in [1.165, 1.54) is 40.7 Å². The third-order valence-corrected chi connectivity index (χ3v) is 9.77. The van der Waals surface area contributed by atoms with Crippen molar-refractivity contribution in [1.29, 1.82) is 0 Å². The van der Waals surface area contributed by atoms with Crippen molar-refractivity contribution >= 4 is 59.7 Å². The minimum atomic E-state index is -4.10. The van der Waals surface area contributed by atoms with Crippen LogP contribution >= 0.6 is 22.9 Å². The van der Waals surface area contributed by atoms with Crippen molar-refractivity contribution in [2.75, 3.05) is 23.1 Å². The molecule has 1 saturated heterocycles. The predicted molar refractivity (Wildman–Crippen MR) is 129 cm³/mol. The largest absolute Gasteiger partial charge is 0.296 e. The van der Waals surface area contributed by atoms with Gasteiger partial charge in [-0.1, -0.05) is 29.4 Å². The van der Waals surface area contributed by atoms with Crippen LogP contribution in [-0.4, -0.2) is 50.3 Å². The average Bonchev–Trinajstić information content (AvgIpc) is 3.30. The molecule has 0 radical (unpaired) electrons. The van der Waals surface area contributed by atoms with Crippen molar-refractivity contribution in [3.05, 3.63) is 59.1 Å². The van der Waals surface area contributed by atoms with Crippen LogP contribution in [0.2, 0.25) is 5.02 Å². The van der Waals surface area contributed by atoms with Crippen LogP contribution in [0.15, 0.2) is 57.8 Å². The summed E-state index contributed by atoms with van der Waals surface area (Å²) in [4.78, 5) is 12.4. The molecule has 2 N–H and O–H groups in total. The van der Waals surface area contributed by atoms with Crippen LogP contribution in [0.5, 0.6) is 0 Å². The zero-order valence-electron chi connectivity index (χ0n) is 17.6. The highest BCUT2D eigenvalue weighted by molar-refractivity contribution is 7.94. The summed E-state index contributed by atoms with van der Waals surface area (Å²) in [5, 5.41) is 10.3. The molecule has 10 nitrogen and oxygen atoms in total. The lowest BCUT2D eigenvalue weighted by molar-refractivity contribution is 0.102. The lowest BCUT2D eigenvalue weighted by Crippen LogP contribution is -2.35. The summed E-state index contributed by atoms with van der Waals surface area (Å²) in [5.41, 5.74) is 0.487. The first-order chi connectivity index (χ1) is 16.1. The number of hydrogen-bond acceptors (Lipinski definition) is 8. The molecule has 0 aliphatic carbocycles. The molecular formula is C20H20ClN5O5S3. The lowest BCUT2D eigenvalue weighted by atomic mass is 10.2. The van der Waals surface area contributed by atoms with Gasteiger partial charge in [-0.25, -0.2) is 8.42 Å². The molecule has 3 aromatic rings. The Morgan fingerprint density at radius 2 is 1.56 bits per heavy atom. The smallest absolute Gasteiger partial charge is 0.291 e. The van der Waals surface area contributed by atoms with Gasteiger partial charge in [0.15, 0.2) is 0 Å².